The van der Waals surface area contributed by atoms with Crippen LogP contribution in [0, 0.1) is 0 Å². The summed E-state index contributed by atoms with van der Waals surface area (Å²) in [5.41, 5.74) is 11.4. The SMILES string of the molecule is c1ccc(-c2nc(-c3ccccc3)nc(-c3ccc4c(c3)c3cccc5c3n4c3cccc4oc6ccc7c8ccccc8n5c7c6c43)n2)cc1. The maximum Gasteiger partial charge on any atom is 0.164 e. The van der Waals surface area contributed by atoms with E-state index in [1.807, 2.05) is 60.7 Å². The van der Waals surface area contributed by atoms with Gasteiger partial charge in [0.2, 0.25) is 0 Å². The first-order chi connectivity index (χ1) is 25.3. The summed E-state index contributed by atoms with van der Waals surface area (Å²) in [6.07, 6.45) is 0. The van der Waals surface area contributed by atoms with E-state index in [0.29, 0.717) is 17.5 Å². The number of para-hydroxylation sites is 2. The van der Waals surface area contributed by atoms with Crippen LogP contribution in [0.25, 0.3) is 111 Å². The first-order valence-corrected chi connectivity index (χ1v) is 17.1. The van der Waals surface area contributed by atoms with Gasteiger partial charge in [-0.15, -0.1) is 0 Å². The van der Waals surface area contributed by atoms with Crippen molar-refractivity contribution in [2.45, 2.75) is 0 Å². The van der Waals surface area contributed by atoms with Gasteiger partial charge in [0.1, 0.15) is 11.2 Å². The topological polar surface area (TPSA) is 60.6 Å². The highest BCUT2D eigenvalue weighted by atomic mass is 16.3. The summed E-state index contributed by atoms with van der Waals surface area (Å²) >= 11 is 0. The molecule has 0 bridgehead atoms. The van der Waals surface area contributed by atoms with Crippen molar-refractivity contribution in [1.29, 1.82) is 0 Å². The van der Waals surface area contributed by atoms with E-state index in [0.717, 1.165) is 71.5 Å². The molecule has 51 heavy (non-hydrogen) atoms. The lowest BCUT2D eigenvalue weighted by atomic mass is 10.1. The molecule has 5 heterocycles. The van der Waals surface area contributed by atoms with Gasteiger partial charge in [-0.1, -0.05) is 97.1 Å². The Labute approximate surface area is 289 Å². The van der Waals surface area contributed by atoms with Crippen molar-refractivity contribution >= 4 is 76.6 Å². The van der Waals surface area contributed by atoms with Crippen LogP contribution >= 0.6 is 0 Å². The molecule has 7 aromatic carbocycles. The van der Waals surface area contributed by atoms with Crippen LogP contribution in [0.5, 0.6) is 0 Å². The standard InChI is InChI=1S/C45H25N5O/c1-3-11-26(12-4-1)43-46-44(27-13-5-2-6-14-27)48-45(47-43)28-21-23-34-32(25-28)30-16-9-19-36-41(30)49(34)35-18-10-20-37-39(35)40-38(51-37)24-22-31-29-15-7-8-17-33(29)50(36)42(31)40/h1-25H. The van der Waals surface area contributed by atoms with Crippen LogP contribution in [0.3, 0.4) is 0 Å². The molecule has 6 nitrogen and oxygen atoms in total. The molecule has 0 spiro atoms. The quantitative estimate of drug-likeness (QED) is 0.191. The Hall–Kier alpha value is -7.05. The van der Waals surface area contributed by atoms with Gasteiger partial charge in [0.15, 0.2) is 17.5 Å². The molecular formula is C45H25N5O. The van der Waals surface area contributed by atoms with Crippen molar-refractivity contribution in [3.8, 4) is 34.2 Å². The Balaban J connectivity index is 1.24. The van der Waals surface area contributed by atoms with Gasteiger partial charge in [0.25, 0.3) is 0 Å². The molecule has 0 aliphatic rings. The molecule has 0 aliphatic carbocycles. The zero-order valence-corrected chi connectivity index (χ0v) is 27.1. The van der Waals surface area contributed by atoms with Crippen LogP contribution in [-0.4, -0.2) is 23.8 Å². The largest absolute Gasteiger partial charge is 0.456 e. The summed E-state index contributed by atoms with van der Waals surface area (Å²) in [6.45, 7) is 0. The van der Waals surface area contributed by atoms with Crippen LogP contribution in [0.2, 0.25) is 0 Å². The smallest absolute Gasteiger partial charge is 0.164 e. The highest BCUT2D eigenvalue weighted by Crippen LogP contribution is 2.44. The molecule has 0 N–H and O–H groups in total. The van der Waals surface area contributed by atoms with Crippen LogP contribution in [0.1, 0.15) is 0 Å². The fourth-order valence-electron chi connectivity index (χ4n) is 8.33. The van der Waals surface area contributed by atoms with E-state index in [1.54, 1.807) is 0 Å². The number of hydrogen-bond acceptors (Lipinski definition) is 4. The van der Waals surface area contributed by atoms with E-state index in [2.05, 4.69) is 99.8 Å². The number of hydrogen-bond donors (Lipinski definition) is 0. The molecule has 0 saturated carbocycles. The predicted molar refractivity (Wildman–Crippen MR) is 207 cm³/mol. The second kappa shape index (κ2) is 9.77. The van der Waals surface area contributed by atoms with Gasteiger partial charge in [-0.05, 0) is 54.6 Å². The zero-order valence-electron chi connectivity index (χ0n) is 27.1. The van der Waals surface area contributed by atoms with E-state index in [9.17, 15) is 0 Å². The summed E-state index contributed by atoms with van der Waals surface area (Å²) in [5.74, 6) is 1.93. The minimum Gasteiger partial charge on any atom is -0.456 e. The number of aromatic nitrogens is 5. The summed E-state index contributed by atoms with van der Waals surface area (Å²) in [4.78, 5) is 15.0. The lowest BCUT2D eigenvalue weighted by Gasteiger charge is -2.09. The molecule has 0 radical (unpaired) electrons. The van der Waals surface area contributed by atoms with Gasteiger partial charge in [0.05, 0.1) is 43.9 Å². The third-order valence-corrected chi connectivity index (χ3v) is 10.5. The molecule has 0 aliphatic heterocycles. The van der Waals surface area contributed by atoms with Gasteiger partial charge in [-0.25, -0.2) is 15.0 Å². The molecule has 0 fully saturated rings. The number of furan rings is 1. The van der Waals surface area contributed by atoms with Gasteiger partial charge in [0, 0.05) is 38.2 Å². The summed E-state index contributed by atoms with van der Waals surface area (Å²) in [5, 5.41) is 7.00. The average molecular weight is 652 g/mol. The summed E-state index contributed by atoms with van der Waals surface area (Å²) < 4.78 is 11.5. The lowest BCUT2D eigenvalue weighted by Crippen LogP contribution is -2.00. The molecule has 236 valence electrons. The molecule has 0 saturated heterocycles. The zero-order chi connectivity index (χ0) is 33.2. The predicted octanol–water partition coefficient (Wildman–Crippen LogP) is 11.3. The van der Waals surface area contributed by atoms with Crippen LogP contribution in [0.4, 0.5) is 0 Å². The number of benzene rings is 7. The van der Waals surface area contributed by atoms with Gasteiger partial charge in [-0.2, -0.15) is 0 Å². The summed E-state index contributed by atoms with van der Waals surface area (Å²) in [7, 11) is 0. The van der Waals surface area contributed by atoms with Gasteiger partial charge < -0.3 is 13.2 Å². The molecule has 5 aromatic heterocycles. The third-order valence-electron chi connectivity index (χ3n) is 10.5. The second-order valence-electron chi connectivity index (χ2n) is 13.2. The monoisotopic (exact) mass is 651 g/mol. The first kappa shape index (κ1) is 26.9. The number of nitrogens with zero attached hydrogens (tertiary/aromatic N) is 5. The highest BCUT2D eigenvalue weighted by Gasteiger charge is 2.23. The maximum atomic E-state index is 6.59. The van der Waals surface area contributed by atoms with Crippen molar-refractivity contribution in [2.24, 2.45) is 0 Å². The first-order valence-electron chi connectivity index (χ1n) is 17.1. The fourth-order valence-corrected chi connectivity index (χ4v) is 8.33. The number of rotatable bonds is 3. The van der Waals surface area contributed by atoms with E-state index >= 15 is 0 Å². The number of fused-ring (bicyclic) bond motifs is 8. The Morgan fingerprint density at radius 1 is 0.353 bits per heavy atom. The van der Waals surface area contributed by atoms with E-state index in [1.165, 1.54) is 21.8 Å². The van der Waals surface area contributed by atoms with Crippen LogP contribution in [0.15, 0.2) is 156 Å². The van der Waals surface area contributed by atoms with E-state index < -0.39 is 0 Å². The van der Waals surface area contributed by atoms with Gasteiger partial charge >= 0.3 is 0 Å². The van der Waals surface area contributed by atoms with Crippen LogP contribution < -0.4 is 0 Å². The minimum absolute atomic E-state index is 0.634. The van der Waals surface area contributed by atoms with Crippen molar-refractivity contribution in [3.05, 3.63) is 152 Å². The molecule has 0 atom stereocenters. The van der Waals surface area contributed by atoms with Gasteiger partial charge in [-0.3, -0.25) is 0 Å². The maximum absolute atomic E-state index is 6.59. The van der Waals surface area contributed by atoms with Crippen LogP contribution in [-0.2, 0) is 0 Å². The Morgan fingerprint density at radius 2 is 0.922 bits per heavy atom. The lowest BCUT2D eigenvalue weighted by molar-refractivity contribution is 0.669. The summed E-state index contributed by atoms with van der Waals surface area (Å²) in [6, 6.07) is 53.0. The van der Waals surface area contributed by atoms with Crippen molar-refractivity contribution in [3.63, 3.8) is 0 Å². The minimum atomic E-state index is 0.634. The average Bonchev–Trinajstić information content (AvgIpc) is 3.85. The second-order valence-corrected chi connectivity index (χ2v) is 13.2. The molecule has 0 amide bonds. The third kappa shape index (κ3) is 3.57. The van der Waals surface area contributed by atoms with Crippen molar-refractivity contribution in [2.75, 3.05) is 0 Å². The molecule has 12 rings (SSSR count). The Kier molecular flexibility index (Phi) is 5.14. The molecule has 0 unspecified atom stereocenters. The Bertz CT molecular complexity index is 3300. The Morgan fingerprint density at radius 3 is 1.71 bits per heavy atom. The van der Waals surface area contributed by atoms with E-state index in [4.69, 9.17) is 19.4 Å². The molecular weight excluding hydrogens is 627 g/mol. The normalized spacial score (nSPS) is 12.3. The molecule has 6 heteroatoms. The molecule has 12 aromatic rings. The highest BCUT2D eigenvalue weighted by molar-refractivity contribution is 6.29. The van der Waals surface area contributed by atoms with Crippen molar-refractivity contribution in [1.82, 2.24) is 23.8 Å². The van der Waals surface area contributed by atoms with E-state index in [-0.39, 0.29) is 0 Å². The van der Waals surface area contributed by atoms with Crippen molar-refractivity contribution < 1.29 is 4.42 Å². The fraction of sp³-hybridized carbons (Fsp3) is 0.